The molecule has 0 atom stereocenters. The van der Waals surface area contributed by atoms with E-state index >= 15 is 0 Å². The van der Waals surface area contributed by atoms with E-state index < -0.39 is 0 Å². The summed E-state index contributed by atoms with van der Waals surface area (Å²) in [5, 5.41) is 15.1. The first kappa shape index (κ1) is 27.4. The first-order valence-electron chi connectivity index (χ1n) is 15.9. The third kappa shape index (κ3) is 4.07. The van der Waals surface area contributed by atoms with E-state index in [2.05, 4.69) is 147 Å². The van der Waals surface area contributed by atoms with Gasteiger partial charge in [-0.25, -0.2) is 4.85 Å². The molecule has 0 amide bonds. The predicted molar refractivity (Wildman–Crippen MR) is 197 cm³/mol. The summed E-state index contributed by atoms with van der Waals surface area (Å²) in [6.07, 6.45) is 0. The van der Waals surface area contributed by atoms with Gasteiger partial charge in [-0.2, -0.15) is 5.26 Å². The number of hydrogen-bond donors (Lipinski definition) is 0. The van der Waals surface area contributed by atoms with Gasteiger partial charge >= 0.3 is 0 Å². The van der Waals surface area contributed by atoms with Gasteiger partial charge in [0.1, 0.15) is 6.07 Å². The second kappa shape index (κ2) is 10.9. The fourth-order valence-corrected chi connectivity index (χ4v) is 7.32. The summed E-state index contributed by atoms with van der Waals surface area (Å²) in [5.74, 6) is 0. The molecule has 48 heavy (non-hydrogen) atoms. The number of para-hydroxylation sites is 4. The number of nitriles is 1. The average molecular weight is 611 g/mol. The Labute approximate surface area is 277 Å². The van der Waals surface area contributed by atoms with E-state index in [9.17, 15) is 5.26 Å². The molecular formula is C44H26N4. The molecule has 0 aliphatic carbocycles. The van der Waals surface area contributed by atoms with Crippen LogP contribution in [0, 0.1) is 17.9 Å². The summed E-state index contributed by atoms with van der Waals surface area (Å²) in [6, 6.07) is 56.7. The molecule has 0 radical (unpaired) electrons. The summed E-state index contributed by atoms with van der Waals surface area (Å²) >= 11 is 0. The van der Waals surface area contributed by atoms with Crippen LogP contribution in [0.5, 0.6) is 0 Å². The Morgan fingerprint density at radius 1 is 0.458 bits per heavy atom. The minimum Gasteiger partial charge on any atom is -0.310 e. The Balaban J connectivity index is 1.25. The summed E-state index contributed by atoms with van der Waals surface area (Å²) in [5.41, 5.74) is 11.5. The van der Waals surface area contributed by atoms with Crippen LogP contribution < -0.4 is 0 Å². The van der Waals surface area contributed by atoms with Crippen molar-refractivity contribution < 1.29 is 0 Å². The molecule has 0 saturated heterocycles. The molecule has 222 valence electrons. The minimum atomic E-state index is 0.608. The van der Waals surface area contributed by atoms with E-state index in [1.807, 2.05) is 30.3 Å². The molecule has 4 nitrogen and oxygen atoms in total. The quantitative estimate of drug-likeness (QED) is 0.183. The molecular weight excluding hydrogens is 585 g/mol. The summed E-state index contributed by atoms with van der Waals surface area (Å²) in [6.45, 7) is 7.69. The van der Waals surface area contributed by atoms with Crippen LogP contribution in [0.4, 0.5) is 5.69 Å². The number of rotatable bonds is 4. The van der Waals surface area contributed by atoms with Gasteiger partial charge in [0.25, 0.3) is 0 Å². The van der Waals surface area contributed by atoms with Crippen LogP contribution in [-0.4, -0.2) is 9.13 Å². The van der Waals surface area contributed by atoms with Gasteiger partial charge in [0, 0.05) is 32.6 Å². The zero-order valence-electron chi connectivity index (χ0n) is 25.8. The Hall–Kier alpha value is -6.88. The monoisotopic (exact) mass is 610 g/mol. The second-order valence-corrected chi connectivity index (χ2v) is 11.9. The van der Waals surface area contributed by atoms with Gasteiger partial charge in [-0.05, 0) is 59.2 Å². The van der Waals surface area contributed by atoms with E-state index in [4.69, 9.17) is 6.57 Å². The van der Waals surface area contributed by atoms with Gasteiger partial charge < -0.3 is 9.13 Å². The molecule has 0 aliphatic rings. The first-order valence-corrected chi connectivity index (χ1v) is 15.9. The van der Waals surface area contributed by atoms with E-state index in [0.29, 0.717) is 11.3 Å². The van der Waals surface area contributed by atoms with Gasteiger partial charge in [0.2, 0.25) is 0 Å². The highest BCUT2D eigenvalue weighted by Gasteiger charge is 2.19. The van der Waals surface area contributed by atoms with Crippen LogP contribution in [-0.2, 0) is 0 Å². The molecule has 0 aliphatic heterocycles. The zero-order valence-corrected chi connectivity index (χ0v) is 25.8. The van der Waals surface area contributed by atoms with Crippen molar-refractivity contribution in [2.75, 3.05) is 0 Å². The largest absolute Gasteiger partial charge is 0.310 e. The number of fused-ring (bicyclic) bond motifs is 6. The van der Waals surface area contributed by atoms with Crippen LogP contribution in [0.1, 0.15) is 5.56 Å². The molecule has 0 bridgehead atoms. The topological polar surface area (TPSA) is 38.0 Å². The molecule has 4 heteroatoms. The van der Waals surface area contributed by atoms with Crippen LogP contribution >= 0.6 is 0 Å². The Morgan fingerprint density at radius 3 is 1.60 bits per heavy atom. The first-order chi connectivity index (χ1) is 23.7. The lowest BCUT2D eigenvalue weighted by Crippen LogP contribution is -1.99. The summed E-state index contributed by atoms with van der Waals surface area (Å²) < 4.78 is 4.48. The third-order valence-electron chi connectivity index (χ3n) is 9.40. The molecule has 0 saturated carbocycles. The molecule has 2 heterocycles. The van der Waals surface area contributed by atoms with E-state index in [1.165, 1.54) is 0 Å². The average Bonchev–Trinajstić information content (AvgIpc) is 3.67. The standard InChI is InChI=1S/C44H26N4/c1-46-31-23-24-38-37-17-7-11-21-43(37)48(44(38)27-31)40-18-8-4-14-34(40)33-13-3-2-12-32(33)29-22-25-39(30(26-29)28-45)47-41-19-9-5-15-35(41)36-16-6-10-20-42(36)47/h2-27H. The van der Waals surface area contributed by atoms with E-state index in [-0.39, 0.29) is 0 Å². The fourth-order valence-electron chi connectivity index (χ4n) is 7.32. The van der Waals surface area contributed by atoms with Crippen LogP contribution in [0.25, 0.3) is 82.1 Å². The molecule has 0 fully saturated rings. The fraction of sp³-hybridized carbons (Fsp3) is 0. The minimum absolute atomic E-state index is 0.608. The van der Waals surface area contributed by atoms with E-state index in [0.717, 1.165) is 77.2 Å². The van der Waals surface area contributed by atoms with Gasteiger partial charge in [0.05, 0.1) is 40.1 Å². The zero-order chi connectivity index (χ0) is 32.2. The number of aromatic nitrogens is 2. The predicted octanol–water partition coefficient (Wildman–Crippen LogP) is 11.6. The van der Waals surface area contributed by atoms with Gasteiger partial charge in [0.15, 0.2) is 5.69 Å². The Morgan fingerprint density at radius 2 is 0.979 bits per heavy atom. The summed E-state index contributed by atoms with van der Waals surface area (Å²) in [4.78, 5) is 3.74. The van der Waals surface area contributed by atoms with Crippen LogP contribution in [0.15, 0.2) is 158 Å². The molecule has 2 aromatic heterocycles. The lowest BCUT2D eigenvalue weighted by Gasteiger charge is -2.18. The van der Waals surface area contributed by atoms with Gasteiger partial charge in [-0.3, -0.25) is 0 Å². The van der Waals surface area contributed by atoms with Crippen molar-refractivity contribution in [2.24, 2.45) is 0 Å². The van der Waals surface area contributed by atoms with Crippen molar-refractivity contribution in [1.29, 1.82) is 5.26 Å². The smallest absolute Gasteiger partial charge is 0.189 e. The highest BCUT2D eigenvalue weighted by atomic mass is 15.0. The van der Waals surface area contributed by atoms with Crippen molar-refractivity contribution in [3.63, 3.8) is 0 Å². The summed E-state index contributed by atoms with van der Waals surface area (Å²) in [7, 11) is 0. The lowest BCUT2D eigenvalue weighted by atomic mass is 9.92. The number of hydrogen-bond acceptors (Lipinski definition) is 1. The highest BCUT2D eigenvalue weighted by molar-refractivity contribution is 6.11. The molecule has 9 aromatic rings. The Kier molecular flexibility index (Phi) is 6.22. The van der Waals surface area contributed by atoms with Crippen molar-refractivity contribution in [3.8, 4) is 39.7 Å². The van der Waals surface area contributed by atoms with Gasteiger partial charge in [-0.1, -0.05) is 115 Å². The lowest BCUT2D eigenvalue weighted by molar-refractivity contribution is 1.17. The maximum atomic E-state index is 10.5. The SMILES string of the molecule is [C-]#[N+]c1ccc2c3ccccc3n(-c3ccccc3-c3ccccc3-c3ccc(-n4c5ccccc5c5ccccc54)c(C#N)c3)c2c1. The van der Waals surface area contributed by atoms with Crippen molar-refractivity contribution in [3.05, 3.63) is 175 Å². The molecule has 0 N–H and O–H groups in total. The number of benzene rings is 7. The van der Waals surface area contributed by atoms with Gasteiger partial charge in [-0.15, -0.1) is 0 Å². The van der Waals surface area contributed by atoms with Crippen molar-refractivity contribution in [1.82, 2.24) is 9.13 Å². The molecule has 9 rings (SSSR count). The molecule has 7 aromatic carbocycles. The normalized spacial score (nSPS) is 11.3. The van der Waals surface area contributed by atoms with Crippen molar-refractivity contribution in [2.45, 2.75) is 0 Å². The molecule has 0 spiro atoms. The van der Waals surface area contributed by atoms with Crippen molar-refractivity contribution >= 4 is 49.3 Å². The number of nitrogens with zero attached hydrogens (tertiary/aromatic N) is 4. The van der Waals surface area contributed by atoms with E-state index in [1.54, 1.807) is 0 Å². The molecule has 0 unspecified atom stereocenters. The van der Waals surface area contributed by atoms with Crippen LogP contribution in [0.3, 0.4) is 0 Å². The Bertz CT molecular complexity index is 2760. The third-order valence-corrected chi connectivity index (χ3v) is 9.40. The maximum Gasteiger partial charge on any atom is 0.189 e. The second-order valence-electron chi connectivity index (χ2n) is 11.9. The van der Waals surface area contributed by atoms with Crippen LogP contribution in [0.2, 0.25) is 0 Å². The maximum absolute atomic E-state index is 10.5. The highest BCUT2D eigenvalue weighted by Crippen LogP contribution is 2.41.